The first-order chi connectivity index (χ1) is 10.8. The fraction of sp³-hybridized carbons (Fsp3) is 0.765. The number of aliphatic hydroxyl groups excluding tert-OH is 2. The average Bonchev–Trinajstić information content (AvgIpc) is 2.50. The predicted octanol–water partition coefficient (Wildman–Crippen LogP) is 1.44. The summed E-state index contributed by atoms with van der Waals surface area (Å²) in [5, 5.41) is 17.7. The lowest BCUT2D eigenvalue weighted by Crippen LogP contribution is -2.35. The Morgan fingerprint density at radius 1 is 1.22 bits per heavy atom. The molecule has 6 nitrogen and oxygen atoms in total. The van der Waals surface area contributed by atoms with E-state index in [0.717, 1.165) is 31.4 Å². The van der Waals surface area contributed by atoms with E-state index in [1.807, 2.05) is 0 Å². The van der Waals surface area contributed by atoms with Gasteiger partial charge in [-0.05, 0) is 30.6 Å². The summed E-state index contributed by atoms with van der Waals surface area (Å²) in [7, 11) is 0. The Hall–Kier alpha value is -1.40. The number of carbonyl (C=O) groups excluding carboxylic acids is 2. The van der Waals surface area contributed by atoms with E-state index in [9.17, 15) is 9.59 Å². The van der Waals surface area contributed by atoms with Gasteiger partial charge in [-0.15, -0.1) is 0 Å². The minimum absolute atomic E-state index is 0.122. The van der Waals surface area contributed by atoms with Crippen molar-refractivity contribution in [2.75, 3.05) is 13.2 Å². The van der Waals surface area contributed by atoms with Crippen LogP contribution < -0.4 is 0 Å². The third-order valence-corrected chi connectivity index (χ3v) is 4.21. The molecule has 1 aliphatic rings. The van der Waals surface area contributed by atoms with Gasteiger partial charge in [0.2, 0.25) is 0 Å². The van der Waals surface area contributed by atoms with Crippen molar-refractivity contribution in [2.24, 2.45) is 17.8 Å². The molecule has 0 aromatic rings. The molecular weight excluding hydrogens is 300 g/mol. The second-order valence-corrected chi connectivity index (χ2v) is 6.60. The summed E-state index contributed by atoms with van der Waals surface area (Å²) in [5.74, 6) is -0.0117. The zero-order chi connectivity index (χ0) is 17.4. The molecular formula is C17H28O6. The summed E-state index contributed by atoms with van der Waals surface area (Å²) < 4.78 is 10.2. The van der Waals surface area contributed by atoms with Crippen molar-refractivity contribution in [2.45, 2.75) is 52.2 Å². The maximum absolute atomic E-state index is 11.9. The molecule has 0 heterocycles. The minimum atomic E-state index is -1.12. The van der Waals surface area contributed by atoms with E-state index in [0.29, 0.717) is 17.8 Å². The van der Waals surface area contributed by atoms with Crippen molar-refractivity contribution in [1.82, 2.24) is 0 Å². The van der Waals surface area contributed by atoms with Crippen molar-refractivity contribution in [1.29, 1.82) is 0 Å². The predicted molar refractivity (Wildman–Crippen MR) is 84.4 cm³/mol. The van der Waals surface area contributed by atoms with Gasteiger partial charge in [0, 0.05) is 12.2 Å². The molecule has 0 spiro atoms. The van der Waals surface area contributed by atoms with E-state index in [1.165, 1.54) is 0 Å². The monoisotopic (exact) mass is 328 g/mol. The number of hydrogen-bond acceptors (Lipinski definition) is 6. The second-order valence-electron chi connectivity index (χ2n) is 6.60. The van der Waals surface area contributed by atoms with Gasteiger partial charge in [0.15, 0.2) is 0 Å². The lowest BCUT2D eigenvalue weighted by atomic mass is 9.75. The molecule has 2 N–H and O–H groups in total. The van der Waals surface area contributed by atoms with Gasteiger partial charge >= 0.3 is 11.9 Å². The Morgan fingerprint density at radius 2 is 1.87 bits per heavy atom. The van der Waals surface area contributed by atoms with Crippen molar-refractivity contribution >= 4 is 11.9 Å². The van der Waals surface area contributed by atoms with Gasteiger partial charge in [-0.1, -0.05) is 27.2 Å². The summed E-state index contributed by atoms with van der Waals surface area (Å²) in [4.78, 5) is 23.3. The van der Waals surface area contributed by atoms with Crippen LogP contribution in [-0.4, -0.2) is 47.6 Å². The molecule has 1 rings (SSSR count). The molecule has 0 bridgehead atoms. The van der Waals surface area contributed by atoms with E-state index >= 15 is 0 Å². The number of ether oxygens (including phenoxy) is 2. The second kappa shape index (κ2) is 9.67. The van der Waals surface area contributed by atoms with Crippen LogP contribution in [-0.2, 0) is 19.1 Å². The highest BCUT2D eigenvalue weighted by Gasteiger charge is 2.32. The third-order valence-electron chi connectivity index (χ3n) is 4.21. The van der Waals surface area contributed by atoms with Crippen LogP contribution in [0.2, 0.25) is 0 Å². The molecule has 0 aromatic heterocycles. The van der Waals surface area contributed by atoms with Crippen LogP contribution in [0.1, 0.15) is 40.0 Å². The topological polar surface area (TPSA) is 93.1 Å². The van der Waals surface area contributed by atoms with Crippen LogP contribution in [0.4, 0.5) is 0 Å². The molecule has 1 fully saturated rings. The van der Waals surface area contributed by atoms with Crippen LogP contribution >= 0.6 is 0 Å². The number of carbonyl (C=O) groups is 2. The summed E-state index contributed by atoms with van der Waals surface area (Å²) in [5.41, 5.74) is 0. The fourth-order valence-corrected chi connectivity index (χ4v) is 2.85. The Morgan fingerprint density at radius 3 is 2.48 bits per heavy atom. The highest BCUT2D eigenvalue weighted by Crippen LogP contribution is 2.35. The molecule has 1 saturated carbocycles. The van der Waals surface area contributed by atoms with Gasteiger partial charge in [0.05, 0.1) is 6.61 Å². The van der Waals surface area contributed by atoms with Crippen LogP contribution in [0.5, 0.6) is 0 Å². The lowest BCUT2D eigenvalue weighted by molar-refractivity contribution is -0.150. The number of rotatable bonds is 7. The van der Waals surface area contributed by atoms with Crippen molar-refractivity contribution in [3.63, 3.8) is 0 Å². The van der Waals surface area contributed by atoms with Gasteiger partial charge in [-0.3, -0.25) is 0 Å². The quantitative estimate of drug-likeness (QED) is 0.543. The standard InChI is InChI=1S/C17H28O6/c1-11(2)14-5-4-12(3)8-15(14)23-17(21)7-6-16(20)22-10-13(19)9-18/h6-7,11-15,18-19H,4-5,8-10H2,1-3H3/b7-6+. The maximum atomic E-state index is 11.9. The molecule has 0 aromatic carbocycles. The maximum Gasteiger partial charge on any atom is 0.331 e. The molecule has 6 heteroatoms. The Labute approximate surface area is 137 Å². The summed E-state index contributed by atoms with van der Waals surface area (Å²) in [6, 6.07) is 0. The summed E-state index contributed by atoms with van der Waals surface area (Å²) in [6.45, 7) is 5.60. The Balaban J connectivity index is 2.47. The molecule has 4 atom stereocenters. The van der Waals surface area contributed by atoms with E-state index in [4.69, 9.17) is 14.9 Å². The highest BCUT2D eigenvalue weighted by atomic mass is 16.5. The Bertz CT molecular complexity index is 417. The molecule has 0 aliphatic heterocycles. The van der Waals surface area contributed by atoms with Gasteiger partial charge in [-0.2, -0.15) is 0 Å². The average molecular weight is 328 g/mol. The lowest BCUT2D eigenvalue weighted by Gasteiger charge is -2.36. The van der Waals surface area contributed by atoms with Crippen molar-refractivity contribution in [3.8, 4) is 0 Å². The zero-order valence-electron chi connectivity index (χ0n) is 14.1. The first-order valence-corrected chi connectivity index (χ1v) is 8.17. The number of hydrogen-bond donors (Lipinski definition) is 2. The van der Waals surface area contributed by atoms with Gasteiger partial charge in [0.25, 0.3) is 0 Å². The van der Waals surface area contributed by atoms with E-state index in [1.54, 1.807) is 0 Å². The molecule has 132 valence electrons. The van der Waals surface area contributed by atoms with Crippen LogP contribution in [0.25, 0.3) is 0 Å². The largest absolute Gasteiger partial charge is 0.460 e. The molecule has 23 heavy (non-hydrogen) atoms. The summed E-state index contributed by atoms with van der Waals surface area (Å²) >= 11 is 0. The summed E-state index contributed by atoms with van der Waals surface area (Å²) in [6.07, 6.45) is 3.81. The highest BCUT2D eigenvalue weighted by molar-refractivity contribution is 5.91. The van der Waals surface area contributed by atoms with Crippen molar-refractivity contribution in [3.05, 3.63) is 12.2 Å². The van der Waals surface area contributed by atoms with Crippen molar-refractivity contribution < 1.29 is 29.3 Å². The van der Waals surface area contributed by atoms with Crippen LogP contribution in [0, 0.1) is 17.8 Å². The van der Waals surface area contributed by atoms with Gasteiger partial charge in [0.1, 0.15) is 18.8 Å². The molecule has 1 aliphatic carbocycles. The van der Waals surface area contributed by atoms with E-state index in [2.05, 4.69) is 25.5 Å². The zero-order valence-corrected chi connectivity index (χ0v) is 14.1. The molecule has 0 saturated heterocycles. The van der Waals surface area contributed by atoms with Crippen LogP contribution in [0.15, 0.2) is 12.2 Å². The molecule has 4 unspecified atom stereocenters. The number of aliphatic hydroxyl groups is 2. The minimum Gasteiger partial charge on any atom is -0.460 e. The first kappa shape index (κ1) is 19.6. The molecule has 0 radical (unpaired) electrons. The smallest absolute Gasteiger partial charge is 0.331 e. The van der Waals surface area contributed by atoms with Gasteiger partial charge in [-0.25, -0.2) is 9.59 Å². The molecule has 0 amide bonds. The van der Waals surface area contributed by atoms with Gasteiger partial charge < -0.3 is 19.7 Å². The van der Waals surface area contributed by atoms with E-state index < -0.39 is 24.6 Å². The SMILES string of the molecule is CC1CCC(C(C)C)C(OC(=O)/C=C/C(=O)OCC(O)CO)C1. The third kappa shape index (κ3) is 7.14. The fourth-order valence-electron chi connectivity index (χ4n) is 2.85. The van der Waals surface area contributed by atoms with Crippen LogP contribution in [0.3, 0.4) is 0 Å². The first-order valence-electron chi connectivity index (χ1n) is 8.17. The number of esters is 2. The Kier molecular flexibility index (Phi) is 8.26. The normalized spacial score (nSPS) is 26.3. The van der Waals surface area contributed by atoms with E-state index in [-0.39, 0.29) is 12.7 Å².